The molecule has 112 valence electrons. The Morgan fingerprint density at radius 2 is 1.95 bits per heavy atom. The van der Waals surface area contributed by atoms with Gasteiger partial charge in [0.2, 0.25) is 0 Å². The second-order valence-corrected chi connectivity index (χ2v) is 6.30. The number of hydrogen-bond acceptors (Lipinski definition) is 4. The quantitative estimate of drug-likeness (QED) is 0.797. The van der Waals surface area contributed by atoms with Gasteiger partial charge in [-0.25, -0.2) is 13.2 Å². The van der Waals surface area contributed by atoms with Gasteiger partial charge in [0.25, 0.3) is 10.0 Å². The fraction of sp³-hybridized carbons (Fsp3) is 0.231. The van der Waals surface area contributed by atoms with Crippen molar-refractivity contribution >= 4 is 21.7 Å². The summed E-state index contributed by atoms with van der Waals surface area (Å²) in [6, 6.07) is 5.20. The van der Waals surface area contributed by atoms with Crippen molar-refractivity contribution in [3.05, 3.63) is 40.7 Å². The smallest absolute Gasteiger partial charge is 0.357 e. The Labute approximate surface area is 122 Å². The van der Waals surface area contributed by atoms with E-state index in [4.69, 9.17) is 5.11 Å². The summed E-state index contributed by atoms with van der Waals surface area (Å²) in [5, 5.41) is 14.9. The Bertz CT molecular complexity index is 809. The number of nitrogens with zero attached hydrogens (tertiary/aromatic N) is 1. The highest BCUT2D eigenvalue weighted by Crippen LogP contribution is 2.24. The number of benzene rings is 1. The number of aromatic amines is 1. The van der Waals surface area contributed by atoms with Gasteiger partial charge in [-0.3, -0.25) is 9.82 Å². The van der Waals surface area contributed by atoms with Crippen LogP contribution in [0.2, 0.25) is 0 Å². The number of aryl methyl sites for hydroxylation is 2. The SMILES string of the molecule is Cc1cccc(NS(=O)(=O)c2c(C(=O)O)n[nH]c2C)c1C. The third-order valence-corrected chi connectivity index (χ3v) is 4.74. The molecule has 0 atom stereocenters. The molecular weight excluding hydrogens is 294 g/mol. The molecule has 0 radical (unpaired) electrons. The molecule has 1 heterocycles. The number of aromatic carboxylic acids is 1. The van der Waals surface area contributed by atoms with Gasteiger partial charge < -0.3 is 5.11 Å². The predicted octanol–water partition coefficient (Wildman–Crippen LogP) is 1.83. The lowest BCUT2D eigenvalue weighted by molar-refractivity contribution is 0.0686. The molecule has 0 saturated carbocycles. The second-order valence-electron chi connectivity index (χ2n) is 4.68. The number of anilines is 1. The summed E-state index contributed by atoms with van der Waals surface area (Å²) in [6.07, 6.45) is 0. The van der Waals surface area contributed by atoms with E-state index in [1.165, 1.54) is 6.92 Å². The molecule has 0 saturated heterocycles. The largest absolute Gasteiger partial charge is 0.476 e. The van der Waals surface area contributed by atoms with E-state index in [-0.39, 0.29) is 10.6 Å². The minimum absolute atomic E-state index is 0.171. The number of hydrogen-bond donors (Lipinski definition) is 3. The highest BCUT2D eigenvalue weighted by Gasteiger charge is 2.28. The van der Waals surface area contributed by atoms with Crippen molar-refractivity contribution in [2.45, 2.75) is 25.7 Å². The molecule has 0 aliphatic rings. The zero-order chi connectivity index (χ0) is 15.8. The van der Waals surface area contributed by atoms with E-state index in [1.54, 1.807) is 19.1 Å². The summed E-state index contributed by atoms with van der Waals surface area (Å²) in [6.45, 7) is 5.10. The van der Waals surface area contributed by atoms with Gasteiger partial charge in [-0.05, 0) is 38.0 Å². The van der Waals surface area contributed by atoms with Crippen LogP contribution in [0.25, 0.3) is 0 Å². The van der Waals surface area contributed by atoms with Crippen LogP contribution >= 0.6 is 0 Å². The molecule has 0 aliphatic heterocycles. The monoisotopic (exact) mass is 309 g/mol. The third-order valence-electron chi connectivity index (χ3n) is 3.21. The van der Waals surface area contributed by atoms with Crippen molar-refractivity contribution in [2.75, 3.05) is 4.72 Å². The van der Waals surface area contributed by atoms with Crippen LogP contribution < -0.4 is 4.72 Å². The fourth-order valence-corrected chi connectivity index (χ4v) is 3.40. The second kappa shape index (κ2) is 5.21. The maximum Gasteiger partial charge on any atom is 0.357 e. The van der Waals surface area contributed by atoms with Crippen molar-refractivity contribution in [2.24, 2.45) is 0 Å². The van der Waals surface area contributed by atoms with Crippen molar-refractivity contribution < 1.29 is 18.3 Å². The van der Waals surface area contributed by atoms with E-state index in [0.29, 0.717) is 5.69 Å². The molecular formula is C13H15N3O4S. The van der Waals surface area contributed by atoms with Crippen LogP contribution in [0.15, 0.2) is 23.1 Å². The first-order valence-corrected chi connectivity index (χ1v) is 7.59. The number of carboxylic acid groups (broad SMARTS) is 1. The molecule has 2 rings (SSSR count). The molecule has 1 aromatic heterocycles. The minimum Gasteiger partial charge on any atom is -0.476 e. The number of rotatable bonds is 4. The fourth-order valence-electron chi connectivity index (χ4n) is 1.95. The third kappa shape index (κ3) is 2.75. The first-order chi connectivity index (χ1) is 9.74. The lowest BCUT2D eigenvalue weighted by atomic mass is 10.1. The van der Waals surface area contributed by atoms with Gasteiger partial charge in [0, 0.05) is 0 Å². The molecule has 0 unspecified atom stereocenters. The maximum absolute atomic E-state index is 12.4. The molecule has 3 N–H and O–H groups in total. The zero-order valence-electron chi connectivity index (χ0n) is 11.8. The number of aromatic nitrogens is 2. The highest BCUT2D eigenvalue weighted by atomic mass is 32.2. The van der Waals surface area contributed by atoms with Crippen LogP contribution in [0, 0.1) is 20.8 Å². The van der Waals surface area contributed by atoms with Crippen molar-refractivity contribution in [1.82, 2.24) is 10.2 Å². The molecule has 0 fully saturated rings. The van der Waals surface area contributed by atoms with Crippen molar-refractivity contribution in [3.63, 3.8) is 0 Å². The molecule has 7 nitrogen and oxygen atoms in total. The van der Waals surface area contributed by atoms with Gasteiger partial charge in [0.15, 0.2) is 5.69 Å². The van der Waals surface area contributed by atoms with E-state index in [1.807, 2.05) is 13.0 Å². The summed E-state index contributed by atoms with van der Waals surface area (Å²) < 4.78 is 27.3. The van der Waals surface area contributed by atoms with Crippen LogP contribution in [0.3, 0.4) is 0 Å². The number of carbonyl (C=O) groups is 1. The molecule has 0 amide bonds. The summed E-state index contributed by atoms with van der Waals surface area (Å²) in [4.78, 5) is 10.7. The Hall–Kier alpha value is -2.35. The van der Waals surface area contributed by atoms with Gasteiger partial charge in [0.1, 0.15) is 4.90 Å². The zero-order valence-corrected chi connectivity index (χ0v) is 12.6. The van der Waals surface area contributed by atoms with E-state index in [0.717, 1.165) is 11.1 Å². The summed E-state index contributed by atoms with van der Waals surface area (Å²) >= 11 is 0. The van der Waals surface area contributed by atoms with Crippen LogP contribution in [-0.4, -0.2) is 29.7 Å². The standard InChI is InChI=1S/C13H15N3O4S/c1-7-5-4-6-10(8(7)2)16-21(19,20)12-9(3)14-15-11(12)13(17)18/h4-6,16H,1-3H3,(H,14,15)(H,17,18). The minimum atomic E-state index is -4.04. The maximum atomic E-state index is 12.4. The summed E-state index contributed by atoms with van der Waals surface area (Å²) in [5.41, 5.74) is 1.76. The molecule has 0 aliphatic carbocycles. The molecule has 8 heteroatoms. The first kappa shape index (κ1) is 15.0. The number of sulfonamides is 1. The van der Waals surface area contributed by atoms with E-state index < -0.39 is 21.7 Å². The molecule has 2 aromatic rings. The number of carboxylic acids is 1. The highest BCUT2D eigenvalue weighted by molar-refractivity contribution is 7.92. The number of H-pyrrole nitrogens is 1. The van der Waals surface area contributed by atoms with Gasteiger partial charge in [0.05, 0.1) is 11.4 Å². The van der Waals surface area contributed by atoms with Gasteiger partial charge in [-0.1, -0.05) is 12.1 Å². The first-order valence-electron chi connectivity index (χ1n) is 6.11. The molecule has 21 heavy (non-hydrogen) atoms. The molecule has 0 bridgehead atoms. The van der Waals surface area contributed by atoms with Crippen LogP contribution in [0.4, 0.5) is 5.69 Å². The van der Waals surface area contributed by atoms with Crippen LogP contribution in [0.5, 0.6) is 0 Å². The average Bonchev–Trinajstić information content (AvgIpc) is 2.78. The van der Waals surface area contributed by atoms with Gasteiger partial charge in [-0.2, -0.15) is 5.10 Å². The Morgan fingerprint density at radius 1 is 1.29 bits per heavy atom. The van der Waals surface area contributed by atoms with Crippen LogP contribution in [-0.2, 0) is 10.0 Å². The predicted molar refractivity (Wildman–Crippen MR) is 77.0 cm³/mol. The molecule has 1 aromatic carbocycles. The average molecular weight is 309 g/mol. The Kier molecular flexibility index (Phi) is 3.73. The number of nitrogens with one attached hydrogen (secondary N) is 2. The lowest BCUT2D eigenvalue weighted by Crippen LogP contribution is -2.17. The topological polar surface area (TPSA) is 112 Å². The van der Waals surface area contributed by atoms with Crippen molar-refractivity contribution in [3.8, 4) is 0 Å². The van der Waals surface area contributed by atoms with Gasteiger partial charge in [-0.15, -0.1) is 0 Å². The summed E-state index contributed by atoms with van der Waals surface area (Å²) in [7, 11) is -4.04. The Balaban J connectivity index is 2.51. The van der Waals surface area contributed by atoms with E-state index in [9.17, 15) is 13.2 Å². The normalized spacial score (nSPS) is 11.4. The van der Waals surface area contributed by atoms with E-state index in [2.05, 4.69) is 14.9 Å². The molecule has 0 spiro atoms. The van der Waals surface area contributed by atoms with Crippen molar-refractivity contribution in [1.29, 1.82) is 0 Å². The van der Waals surface area contributed by atoms with Gasteiger partial charge >= 0.3 is 5.97 Å². The lowest BCUT2D eigenvalue weighted by Gasteiger charge is -2.12. The summed E-state index contributed by atoms with van der Waals surface area (Å²) in [5.74, 6) is -1.40. The van der Waals surface area contributed by atoms with E-state index >= 15 is 0 Å². The Morgan fingerprint density at radius 3 is 2.57 bits per heavy atom. The van der Waals surface area contributed by atoms with Crippen LogP contribution in [0.1, 0.15) is 27.3 Å².